The van der Waals surface area contributed by atoms with Gasteiger partial charge in [-0.25, -0.2) is 4.79 Å². The van der Waals surface area contributed by atoms with Gasteiger partial charge < -0.3 is 4.74 Å². The van der Waals surface area contributed by atoms with Crippen molar-refractivity contribution in [2.75, 3.05) is 0 Å². The van der Waals surface area contributed by atoms with Crippen molar-refractivity contribution in [1.82, 2.24) is 4.90 Å². The van der Waals surface area contributed by atoms with Crippen molar-refractivity contribution in [1.29, 1.82) is 0 Å². The second-order valence-corrected chi connectivity index (χ2v) is 7.56. The molecule has 1 saturated heterocycles. The van der Waals surface area contributed by atoms with Crippen molar-refractivity contribution in [3.05, 3.63) is 47.5 Å². The molecule has 0 spiro atoms. The van der Waals surface area contributed by atoms with Crippen molar-refractivity contribution >= 4 is 6.09 Å². The van der Waals surface area contributed by atoms with Crippen molar-refractivity contribution in [3.63, 3.8) is 0 Å². The van der Waals surface area contributed by atoms with E-state index in [1.165, 1.54) is 19.3 Å². The summed E-state index contributed by atoms with van der Waals surface area (Å²) >= 11 is 0. The van der Waals surface area contributed by atoms with Crippen LogP contribution in [0, 0.1) is 5.92 Å². The van der Waals surface area contributed by atoms with Crippen LogP contribution in [-0.4, -0.2) is 23.1 Å². The first kappa shape index (κ1) is 17.1. The first-order chi connectivity index (χ1) is 11.6. The lowest BCUT2D eigenvalue weighted by Gasteiger charge is -2.33. The van der Waals surface area contributed by atoms with Gasteiger partial charge in [0.25, 0.3) is 0 Å². The Kier molecular flexibility index (Phi) is 5.60. The predicted octanol–water partition coefficient (Wildman–Crippen LogP) is 5.31. The van der Waals surface area contributed by atoms with E-state index in [1.807, 2.05) is 35.2 Å². The smallest absolute Gasteiger partial charge is 0.410 e. The third-order valence-corrected chi connectivity index (χ3v) is 5.17. The molecule has 0 saturated carbocycles. The summed E-state index contributed by atoms with van der Waals surface area (Å²) in [6, 6.07) is 10.5. The van der Waals surface area contributed by atoms with E-state index in [2.05, 4.69) is 19.9 Å². The molecule has 1 aromatic carbocycles. The maximum Gasteiger partial charge on any atom is 0.410 e. The molecule has 1 fully saturated rings. The van der Waals surface area contributed by atoms with Crippen LogP contribution in [0.3, 0.4) is 0 Å². The van der Waals surface area contributed by atoms with Crippen molar-refractivity contribution in [3.8, 4) is 0 Å². The van der Waals surface area contributed by atoms with Crippen LogP contribution in [0.2, 0.25) is 0 Å². The summed E-state index contributed by atoms with van der Waals surface area (Å²) in [5.41, 5.74) is 2.59. The third kappa shape index (κ3) is 4.19. The fourth-order valence-corrected chi connectivity index (χ4v) is 3.92. The molecule has 2 aliphatic heterocycles. The van der Waals surface area contributed by atoms with Gasteiger partial charge >= 0.3 is 6.09 Å². The standard InChI is InChI=1S/C21H29NO2/c1-16(2)7-6-10-18-13-19-11-12-20(14-18)22(19)21(23)24-15-17-8-4-3-5-9-17/h3-5,8-9,13,16,19-20H,6-7,10-12,14-15H2,1-2H3. The van der Waals surface area contributed by atoms with Crippen LogP contribution in [0.4, 0.5) is 4.79 Å². The van der Waals surface area contributed by atoms with Crippen molar-refractivity contribution in [2.24, 2.45) is 5.92 Å². The van der Waals surface area contributed by atoms with E-state index in [1.54, 1.807) is 5.57 Å². The molecule has 1 aromatic rings. The van der Waals surface area contributed by atoms with Gasteiger partial charge in [-0.15, -0.1) is 0 Å². The minimum atomic E-state index is -0.149. The molecule has 1 amide bonds. The summed E-state index contributed by atoms with van der Waals surface area (Å²) < 4.78 is 5.55. The maximum absolute atomic E-state index is 12.5. The molecule has 0 aromatic heterocycles. The number of rotatable bonds is 6. The molecule has 3 heteroatoms. The highest BCUT2D eigenvalue weighted by Crippen LogP contribution is 2.37. The van der Waals surface area contributed by atoms with E-state index >= 15 is 0 Å². The average Bonchev–Trinajstić information content (AvgIpc) is 2.84. The molecule has 0 aliphatic carbocycles. The number of carbonyl (C=O) groups is 1. The van der Waals surface area contributed by atoms with Gasteiger partial charge in [0.1, 0.15) is 6.61 Å². The molecule has 2 heterocycles. The Morgan fingerprint density at radius 3 is 2.75 bits per heavy atom. The summed E-state index contributed by atoms with van der Waals surface area (Å²) in [6.07, 6.45) is 9.16. The van der Waals surface area contributed by atoms with Crippen molar-refractivity contribution in [2.45, 2.75) is 71.1 Å². The number of benzene rings is 1. The quantitative estimate of drug-likeness (QED) is 0.662. The van der Waals surface area contributed by atoms with E-state index in [0.29, 0.717) is 12.6 Å². The van der Waals surface area contributed by atoms with Crippen LogP contribution in [0.15, 0.2) is 42.0 Å². The van der Waals surface area contributed by atoms with Gasteiger partial charge in [0.05, 0.1) is 6.04 Å². The zero-order valence-electron chi connectivity index (χ0n) is 14.9. The number of nitrogens with zero attached hydrogens (tertiary/aromatic N) is 1. The third-order valence-electron chi connectivity index (χ3n) is 5.17. The van der Waals surface area contributed by atoms with E-state index in [0.717, 1.165) is 30.7 Å². The van der Waals surface area contributed by atoms with E-state index < -0.39 is 0 Å². The highest BCUT2D eigenvalue weighted by molar-refractivity contribution is 5.70. The van der Waals surface area contributed by atoms with Crippen LogP contribution in [0.25, 0.3) is 0 Å². The number of hydrogen-bond acceptors (Lipinski definition) is 2. The molecule has 2 bridgehead atoms. The van der Waals surface area contributed by atoms with Crippen LogP contribution in [-0.2, 0) is 11.3 Å². The second-order valence-electron chi connectivity index (χ2n) is 7.56. The fraction of sp³-hybridized carbons (Fsp3) is 0.571. The molecular formula is C21H29NO2. The molecule has 2 atom stereocenters. The number of fused-ring (bicyclic) bond motifs is 2. The topological polar surface area (TPSA) is 29.5 Å². The Balaban J connectivity index is 1.54. The summed E-state index contributed by atoms with van der Waals surface area (Å²) in [5.74, 6) is 0.773. The highest BCUT2D eigenvalue weighted by atomic mass is 16.6. The molecule has 130 valence electrons. The van der Waals surface area contributed by atoms with Gasteiger partial charge in [-0.3, -0.25) is 4.90 Å². The van der Waals surface area contributed by atoms with Gasteiger partial charge in [-0.05, 0) is 43.6 Å². The van der Waals surface area contributed by atoms with Crippen LogP contribution < -0.4 is 0 Å². The van der Waals surface area contributed by atoms with Crippen LogP contribution >= 0.6 is 0 Å². The molecule has 2 unspecified atom stereocenters. The van der Waals surface area contributed by atoms with Gasteiger partial charge in [0.2, 0.25) is 0 Å². The Morgan fingerprint density at radius 2 is 2.04 bits per heavy atom. The van der Waals surface area contributed by atoms with Crippen molar-refractivity contribution < 1.29 is 9.53 Å². The number of amides is 1. The summed E-state index contributed by atoms with van der Waals surface area (Å²) in [5, 5.41) is 0. The fourth-order valence-electron chi connectivity index (χ4n) is 3.92. The lowest BCUT2D eigenvalue weighted by atomic mass is 9.95. The average molecular weight is 327 g/mol. The van der Waals surface area contributed by atoms with E-state index in [-0.39, 0.29) is 12.1 Å². The predicted molar refractivity (Wildman–Crippen MR) is 96.7 cm³/mol. The molecule has 0 N–H and O–H groups in total. The Hall–Kier alpha value is -1.77. The molecule has 3 rings (SSSR count). The number of carbonyl (C=O) groups excluding carboxylic acids is 1. The van der Waals surface area contributed by atoms with Gasteiger partial charge in [0.15, 0.2) is 0 Å². The monoisotopic (exact) mass is 327 g/mol. The minimum absolute atomic E-state index is 0.149. The first-order valence-corrected chi connectivity index (χ1v) is 9.32. The largest absolute Gasteiger partial charge is 0.445 e. The second kappa shape index (κ2) is 7.87. The molecular weight excluding hydrogens is 298 g/mol. The molecule has 0 radical (unpaired) electrons. The van der Waals surface area contributed by atoms with E-state index in [9.17, 15) is 4.79 Å². The van der Waals surface area contributed by atoms with Gasteiger partial charge in [-0.2, -0.15) is 0 Å². The normalized spacial score (nSPS) is 22.6. The van der Waals surface area contributed by atoms with Gasteiger partial charge in [0, 0.05) is 6.04 Å². The SMILES string of the molecule is CC(C)CCCC1=CC2CCC(C1)N2C(=O)OCc1ccccc1. The van der Waals surface area contributed by atoms with Gasteiger partial charge in [-0.1, -0.05) is 62.2 Å². The van der Waals surface area contributed by atoms with Crippen LogP contribution in [0.5, 0.6) is 0 Å². The summed E-state index contributed by atoms with van der Waals surface area (Å²) in [7, 11) is 0. The number of hydrogen-bond donors (Lipinski definition) is 0. The lowest BCUT2D eigenvalue weighted by molar-refractivity contribution is 0.0814. The zero-order valence-corrected chi connectivity index (χ0v) is 14.9. The summed E-state index contributed by atoms with van der Waals surface area (Å²) in [6.45, 7) is 4.92. The van der Waals surface area contributed by atoms with E-state index in [4.69, 9.17) is 4.74 Å². The Labute approximate surface area is 145 Å². The maximum atomic E-state index is 12.5. The summed E-state index contributed by atoms with van der Waals surface area (Å²) in [4.78, 5) is 14.5. The molecule has 24 heavy (non-hydrogen) atoms. The first-order valence-electron chi connectivity index (χ1n) is 9.32. The number of ether oxygens (including phenoxy) is 1. The molecule has 3 nitrogen and oxygen atoms in total. The zero-order chi connectivity index (χ0) is 16.9. The Morgan fingerprint density at radius 1 is 1.25 bits per heavy atom. The Bertz CT molecular complexity index is 579. The minimum Gasteiger partial charge on any atom is -0.445 e. The lowest BCUT2D eigenvalue weighted by Crippen LogP contribution is -2.43. The van der Waals surface area contributed by atoms with Crippen LogP contribution in [0.1, 0.15) is 57.9 Å². The molecule has 2 aliphatic rings. The highest BCUT2D eigenvalue weighted by Gasteiger charge is 2.40.